The van der Waals surface area contributed by atoms with Gasteiger partial charge in [0.2, 0.25) is 15.8 Å². The molecule has 27 heavy (non-hydrogen) atoms. The fraction of sp³-hybridized carbons (Fsp3) is 0.611. The van der Waals surface area contributed by atoms with Crippen LogP contribution < -0.4 is 4.90 Å². The molecule has 1 fully saturated rings. The molecule has 0 bridgehead atoms. The molecule has 2 heterocycles. The van der Waals surface area contributed by atoms with Gasteiger partial charge in [0.1, 0.15) is 6.54 Å². The molecule has 2 aromatic rings. The molecule has 1 aromatic carbocycles. The van der Waals surface area contributed by atoms with Crippen molar-refractivity contribution >= 4 is 10.0 Å². The van der Waals surface area contributed by atoms with Crippen LogP contribution in [0.3, 0.4) is 0 Å². The van der Waals surface area contributed by atoms with Crippen LogP contribution in [0, 0.1) is 0 Å². The Morgan fingerprint density at radius 2 is 1.93 bits per heavy atom. The van der Waals surface area contributed by atoms with Crippen molar-refractivity contribution in [3.8, 4) is 0 Å². The van der Waals surface area contributed by atoms with Gasteiger partial charge in [0.05, 0.1) is 31.1 Å². The van der Waals surface area contributed by atoms with Crippen molar-refractivity contribution in [3.63, 3.8) is 0 Å². The highest BCUT2D eigenvalue weighted by molar-refractivity contribution is 7.89. The fourth-order valence-corrected chi connectivity index (χ4v) is 5.53. The van der Waals surface area contributed by atoms with Crippen molar-refractivity contribution < 1.29 is 13.3 Å². The minimum absolute atomic E-state index is 0.443. The number of nitrogens with one attached hydrogen (secondary N) is 1. The van der Waals surface area contributed by atoms with Gasteiger partial charge in [-0.3, -0.25) is 0 Å². The van der Waals surface area contributed by atoms with Crippen LogP contribution in [0.2, 0.25) is 0 Å². The predicted molar refractivity (Wildman–Crippen MR) is 99.7 cm³/mol. The van der Waals surface area contributed by atoms with Crippen molar-refractivity contribution in [1.29, 1.82) is 0 Å². The lowest BCUT2D eigenvalue weighted by molar-refractivity contribution is -0.918. The molecule has 0 spiro atoms. The van der Waals surface area contributed by atoms with Crippen LogP contribution >= 0.6 is 0 Å². The van der Waals surface area contributed by atoms with Gasteiger partial charge in [0.25, 0.3) is 0 Å². The van der Waals surface area contributed by atoms with E-state index in [0.29, 0.717) is 18.0 Å². The molecule has 0 unspecified atom stereocenters. The van der Waals surface area contributed by atoms with E-state index in [-0.39, 0.29) is 0 Å². The lowest BCUT2D eigenvalue weighted by Crippen LogP contribution is -3.13. The molecule has 8 nitrogen and oxygen atoms in total. The Kier molecular flexibility index (Phi) is 5.25. The van der Waals surface area contributed by atoms with Crippen LogP contribution in [-0.4, -0.2) is 59.1 Å². The summed E-state index contributed by atoms with van der Waals surface area (Å²) >= 11 is 0. The number of sulfonamides is 1. The Morgan fingerprint density at radius 1 is 1.15 bits per heavy atom. The van der Waals surface area contributed by atoms with Crippen molar-refractivity contribution in [2.24, 2.45) is 0 Å². The molecule has 1 aliphatic carbocycles. The summed E-state index contributed by atoms with van der Waals surface area (Å²) in [6.07, 6.45) is 4.16. The standard InChI is InChI=1S/C18H26N6O2S/c1-2-8-24-18(19-20-21-24)14-22-9-11-23(12-10-22)27(25,26)17-7-6-15-4-3-5-16(15)13-17/h6-7,13H,2-5,8-12,14H2,1H3/p+1. The van der Waals surface area contributed by atoms with Gasteiger partial charge in [-0.25, -0.2) is 13.1 Å². The number of benzene rings is 1. The number of hydrogen-bond acceptors (Lipinski definition) is 5. The molecule has 0 saturated carbocycles. The second-order valence-corrected chi connectivity index (χ2v) is 9.37. The summed E-state index contributed by atoms with van der Waals surface area (Å²) in [7, 11) is -3.41. The van der Waals surface area contributed by atoms with Crippen LogP contribution in [0.25, 0.3) is 0 Å². The van der Waals surface area contributed by atoms with E-state index < -0.39 is 10.0 Å². The molecule has 2 aliphatic rings. The second-order valence-electron chi connectivity index (χ2n) is 7.43. The minimum atomic E-state index is -3.41. The zero-order valence-corrected chi connectivity index (χ0v) is 16.6. The van der Waals surface area contributed by atoms with Crippen molar-refractivity contribution in [1.82, 2.24) is 24.5 Å². The first-order valence-corrected chi connectivity index (χ1v) is 11.2. The maximum atomic E-state index is 13.0. The smallest absolute Gasteiger partial charge is 0.243 e. The number of rotatable bonds is 6. The van der Waals surface area contributed by atoms with Gasteiger partial charge in [-0.15, -0.1) is 5.10 Å². The minimum Gasteiger partial charge on any atom is -0.326 e. The molecular formula is C18H27N6O2S+. The number of tetrazole rings is 1. The van der Waals surface area contributed by atoms with Crippen molar-refractivity contribution in [2.75, 3.05) is 26.2 Å². The van der Waals surface area contributed by atoms with Crippen molar-refractivity contribution in [2.45, 2.75) is 50.6 Å². The van der Waals surface area contributed by atoms with Gasteiger partial charge in [-0.05, 0) is 59.4 Å². The largest absolute Gasteiger partial charge is 0.326 e. The average Bonchev–Trinajstić information content (AvgIpc) is 3.31. The molecule has 1 aliphatic heterocycles. The third-order valence-corrected chi connectivity index (χ3v) is 7.48. The van der Waals surface area contributed by atoms with E-state index in [1.807, 2.05) is 16.8 Å². The molecule has 9 heteroatoms. The molecular weight excluding hydrogens is 364 g/mol. The Hall–Kier alpha value is -1.84. The molecule has 0 amide bonds. The van der Waals surface area contributed by atoms with E-state index in [1.54, 1.807) is 10.4 Å². The fourth-order valence-electron chi connectivity index (χ4n) is 4.04. The Bertz CT molecular complexity index is 902. The van der Waals surface area contributed by atoms with E-state index in [4.69, 9.17) is 0 Å². The number of aryl methyl sites for hydroxylation is 3. The first-order valence-electron chi connectivity index (χ1n) is 9.78. The molecule has 0 atom stereocenters. The van der Waals surface area contributed by atoms with Gasteiger partial charge in [-0.2, -0.15) is 4.31 Å². The van der Waals surface area contributed by atoms with Crippen LogP contribution in [0.1, 0.15) is 36.7 Å². The average molecular weight is 392 g/mol. The summed E-state index contributed by atoms with van der Waals surface area (Å²) in [5, 5.41) is 11.9. The first-order chi connectivity index (χ1) is 13.1. The third-order valence-electron chi connectivity index (χ3n) is 5.59. The number of piperazine rings is 1. The van der Waals surface area contributed by atoms with E-state index in [2.05, 4.69) is 22.4 Å². The van der Waals surface area contributed by atoms with E-state index in [9.17, 15) is 8.42 Å². The van der Waals surface area contributed by atoms with Gasteiger partial charge >= 0.3 is 0 Å². The van der Waals surface area contributed by atoms with Crippen molar-refractivity contribution in [3.05, 3.63) is 35.2 Å². The molecule has 4 rings (SSSR count). The number of nitrogens with zero attached hydrogens (tertiary/aromatic N) is 5. The SMILES string of the molecule is CCCn1nnnc1C[NH+]1CCN(S(=O)(=O)c2ccc3c(c2)CCC3)CC1. The van der Waals surface area contributed by atoms with Crippen LogP contribution in [-0.2, 0) is 36.0 Å². The number of fused-ring (bicyclic) bond motifs is 1. The Balaban J connectivity index is 1.40. The second kappa shape index (κ2) is 7.65. The summed E-state index contributed by atoms with van der Waals surface area (Å²) in [4.78, 5) is 1.76. The maximum absolute atomic E-state index is 13.0. The summed E-state index contributed by atoms with van der Waals surface area (Å²) in [5.74, 6) is 0.877. The molecule has 1 aromatic heterocycles. The molecule has 0 radical (unpaired) electrons. The van der Waals surface area contributed by atoms with Gasteiger partial charge in [-0.1, -0.05) is 13.0 Å². The monoisotopic (exact) mass is 391 g/mol. The van der Waals surface area contributed by atoms with E-state index >= 15 is 0 Å². The number of aromatic nitrogens is 4. The quantitative estimate of drug-likeness (QED) is 0.728. The van der Waals surface area contributed by atoms with E-state index in [1.165, 1.54) is 16.0 Å². The topological polar surface area (TPSA) is 85.4 Å². The van der Waals surface area contributed by atoms with Crippen LogP contribution in [0.4, 0.5) is 0 Å². The lowest BCUT2D eigenvalue weighted by Gasteiger charge is -2.31. The maximum Gasteiger partial charge on any atom is 0.243 e. The molecule has 1 N–H and O–H groups in total. The normalized spacial score (nSPS) is 18.7. The third kappa shape index (κ3) is 3.76. The van der Waals surface area contributed by atoms with Crippen LogP contribution in [0.5, 0.6) is 0 Å². The summed E-state index contributed by atoms with van der Waals surface area (Å²) < 4.78 is 29.5. The summed E-state index contributed by atoms with van der Waals surface area (Å²) in [5.41, 5.74) is 2.50. The van der Waals surface area contributed by atoms with Gasteiger partial charge in [0, 0.05) is 6.54 Å². The number of hydrogen-bond donors (Lipinski definition) is 1. The Morgan fingerprint density at radius 3 is 2.70 bits per heavy atom. The van der Waals surface area contributed by atoms with Crippen LogP contribution in [0.15, 0.2) is 23.1 Å². The predicted octanol–water partition coefficient (Wildman–Crippen LogP) is -0.339. The zero-order chi connectivity index (χ0) is 18.9. The lowest BCUT2D eigenvalue weighted by atomic mass is 10.1. The van der Waals surface area contributed by atoms with Gasteiger partial charge in [0.15, 0.2) is 0 Å². The highest BCUT2D eigenvalue weighted by Crippen LogP contribution is 2.26. The Labute approximate surface area is 160 Å². The zero-order valence-electron chi connectivity index (χ0n) is 15.8. The molecule has 146 valence electrons. The first kappa shape index (κ1) is 18.5. The number of quaternary nitrogens is 1. The summed E-state index contributed by atoms with van der Waals surface area (Å²) in [6.45, 7) is 6.25. The highest BCUT2D eigenvalue weighted by atomic mass is 32.2. The molecule has 1 saturated heterocycles. The summed E-state index contributed by atoms with van der Waals surface area (Å²) in [6, 6.07) is 5.65. The van der Waals surface area contributed by atoms with E-state index in [0.717, 1.165) is 57.7 Å². The van der Waals surface area contributed by atoms with Gasteiger partial charge < -0.3 is 4.90 Å². The highest BCUT2D eigenvalue weighted by Gasteiger charge is 2.31.